The van der Waals surface area contributed by atoms with Gasteiger partial charge in [0.25, 0.3) is 0 Å². The van der Waals surface area contributed by atoms with Crippen molar-refractivity contribution in [1.29, 1.82) is 0 Å². The maximum absolute atomic E-state index is 11.6. The Morgan fingerprint density at radius 2 is 1.48 bits per heavy atom. The van der Waals surface area contributed by atoms with E-state index >= 15 is 0 Å². The van der Waals surface area contributed by atoms with Crippen LogP contribution in [0.5, 0.6) is 0 Å². The molecular formula is C19H28O2. The van der Waals surface area contributed by atoms with E-state index in [9.17, 15) is 9.90 Å². The van der Waals surface area contributed by atoms with Gasteiger partial charge in [-0.15, -0.1) is 26.3 Å². The van der Waals surface area contributed by atoms with Crippen LogP contribution in [0.15, 0.2) is 62.3 Å². The standard InChI is InChI=1S/C19H28O2/c1-7-14(5)11-16(9-3)13-18(19(20)21)17(10-4)12-15(6)8-2/h7-10,13-17H,1-4,11-12H2,5-6H3,(H,20,21). The highest BCUT2D eigenvalue weighted by Crippen LogP contribution is 2.26. The number of carbonyl (C=O) groups is 1. The third-order valence-corrected chi connectivity index (χ3v) is 3.70. The first kappa shape index (κ1) is 19.2. The van der Waals surface area contributed by atoms with Crippen molar-refractivity contribution in [3.05, 3.63) is 62.3 Å². The maximum atomic E-state index is 11.6. The molecule has 4 atom stereocenters. The summed E-state index contributed by atoms with van der Waals surface area (Å²) in [6, 6.07) is 0. The Morgan fingerprint density at radius 1 is 0.952 bits per heavy atom. The SMILES string of the molecule is C=CC(C)CC(C=C)C=C(C(=O)O)C(C=C)CC(C)C=C. The Hall–Kier alpha value is -1.83. The van der Waals surface area contributed by atoms with Gasteiger partial charge in [0.1, 0.15) is 0 Å². The fraction of sp³-hybridized carbons (Fsp3) is 0.421. The molecule has 0 aromatic heterocycles. The molecule has 0 bridgehead atoms. The van der Waals surface area contributed by atoms with Gasteiger partial charge in [-0.25, -0.2) is 4.79 Å². The average Bonchev–Trinajstić information content (AvgIpc) is 2.48. The van der Waals surface area contributed by atoms with E-state index in [1.807, 2.05) is 19.1 Å². The van der Waals surface area contributed by atoms with Gasteiger partial charge >= 0.3 is 5.97 Å². The first-order chi connectivity index (χ1) is 9.89. The molecule has 2 heteroatoms. The van der Waals surface area contributed by atoms with Gasteiger partial charge < -0.3 is 5.11 Å². The molecule has 0 heterocycles. The highest BCUT2D eigenvalue weighted by molar-refractivity contribution is 5.87. The molecule has 0 fully saturated rings. The quantitative estimate of drug-likeness (QED) is 0.428. The molecule has 0 saturated heterocycles. The molecule has 4 unspecified atom stereocenters. The summed E-state index contributed by atoms with van der Waals surface area (Å²) in [5, 5.41) is 9.50. The second-order valence-electron chi connectivity index (χ2n) is 5.57. The number of hydrogen-bond donors (Lipinski definition) is 1. The van der Waals surface area contributed by atoms with Crippen LogP contribution in [0.3, 0.4) is 0 Å². The largest absolute Gasteiger partial charge is 0.478 e. The highest BCUT2D eigenvalue weighted by Gasteiger charge is 2.20. The molecular weight excluding hydrogens is 260 g/mol. The summed E-state index contributed by atoms with van der Waals surface area (Å²) < 4.78 is 0. The average molecular weight is 288 g/mol. The van der Waals surface area contributed by atoms with Crippen LogP contribution >= 0.6 is 0 Å². The number of hydrogen-bond acceptors (Lipinski definition) is 1. The van der Waals surface area contributed by atoms with Gasteiger partial charge in [0, 0.05) is 11.5 Å². The van der Waals surface area contributed by atoms with Gasteiger partial charge in [0.15, 0.2) is 0 Å². The van der Waals surface area contributed by atoms with Crippen molar-refractivity contribution in [3.8, 4) is 0 Å². The maximum Gasteiger partial charge on any atom is 0.331 e. The summed E-state index contributed by atoms with van der Waals surface area (Å²) >= 11 is 0. The molecule has 0 spiro atoms. The lowest BCUT2D eigenvalue weighted by atomic mass is 9.85. The van der Waals surface area contributed by atoms with Crippen molar-refractivity contribution in [1.82, 2.24) is 0 Å². The Balaban J connectivity index is 5.31. The van der Waals surface area contributed by atoms with Crippen LogP contribution in [-0.4, -0.2) is 11.1 Å². The first-order valence-corrected chi connectivity index (χ1v) is 7.34. The molecule has 0 aliphatic carbocycles. The third-order valence-electron chi connectivity index (χ3n) is 3.70. The Bertz CT molecular complexity index is 417. The Morgan fingerprint density at radius 3 is 1.86 bits per heavy atom. The Kier molecular flexibility index (Phi) is 9.11. The van der Waals surface area contributed by atoms with Gasteiger partial charge in [-0.1, -0.05) is 44.2 Å². The zero-order valence-corrected chi connectivity index (χ0v) is 13.3. The minimum atomic E-state index is -0.894. The second kappa shape index (κ2) is 9.98. The van der Waals surface area contributed by atoms with E-state index in [1.54, 1.807) is 18.2 Å². The van der Waals surface area contributed by atoms with E-state index in [4.69, 9.17) is 0 Å². The first-order valence-electron chi connectivity index (χ1n) is 7.34. The molecule has 0 saturated carbocycles. The molecule has 0 aromatic carbocycles. The van der Waals surface area contributed by atoms with E-state index in [2.05, 4.69) is 33.2 Å². The summed E-state index contributed by atoms with van der Waals surface area (Å²) in [4.78, 5) is 11.6. The lowest BCUT2D eigenvalue weighted by Gasteiger charge is -2.19. The summed E-state index contributed by atoms with van der Waals surface area (Å²) in [7, 11) is 0. The highest BCUT2D eigenvalue weighted by atomic mass is 16.4. The molecule has 2 nitrogen and oxygen atoms in total. The molecule has 116 valence electrons. The number of rotatable bonds is 11. The summed E-state index contributed by atoms with van der Waals surface area (Å²) in [5.74, 6) is -0.504. The zero-order valence-electron chi connectivity index (χ0n) is 13.3. The number of allylic oxidation sites excluding steroid dienone is 5. The molecule has 0 aliphatic heterocycles. The van der Waals surface area contributed by atoms with Crippen molar-refractivity contribution >= 4 is 5.97 Å². The van der Waals surface area contributed by atoms with E-state index in [-0.39, 0.29) is 17.8 Å². The number of carboxylic acids is 1. The van der Waals surface area contributed by atoms with Crippen LogP contribution < -0.4 is 0 Å². The normalized spacial score (nSPS) is 17.1. The van der Waals surface area contributed by atoms with Crippen LogP contribution in [0.1, 0.15) is 26.7 Å². The number of carboxylic acid groups (broad SMARTS) is 1. The van der Waals surface area contributed by atoms with Gasteiger partial charge in [-0.2, -0.15) is 0 Å². The van der Waals surface area contributed by atoms with Gasteiger partial charge in [-0.05, 0) is 30.6 Å². The summed E-state index contributed by atoms with van der Waals surface area (Å²) in [6.45, 7) is 19.2. The van der Waals surface area contributed by atoms with Gasteiger partial charge in [0.2, 0.25) is 0 Å². The van der Waals surface area contributed by atoms with Crippen molar-refractivity contribution in [2.75, 3.05) is 0 Å². The molecule has 0 amide bonds. The van der Waals surface area contributed by atoms with Crippen LogP contribution in [-0.2, 0) is 4.79 Å². The van der Waals surface area contributed by atoms with E-state index in [1.165, 1.54) is 0 Å². The topological polar surface area (TPSA) is 37.3 Å². The van der Waals surface area contributed by atoms with Crippen LogP contribution in [0.25, 0.3) is 0 Å². The molecule has 0 rings (SSSR count). The fourth-order valence-corrected chi connectivity index (χ4v) is 2.19. The smallest absolute Gasteiger partial charge is 0.331 e. The van der Waals surface area contributed by atoms with Crippen molar-refractivity contribution in [3.63, 3.8) is 0 Å². The minimum Gasteiger partial charge on any atom is -0.478 e. The van der Waals surface area contributed by atoms with Crippen LogP contribution in [0.2, 0.25) is 0 Å². The zero-order chi connectivity index (χ0) is 16.4. The van der Waals surface area contributed by atoms with Gasteiger partial charge in [-0.3, -0.25) is 0 Å². The molecule has 0 aromatic rings. The summed E-state index contributed by atoms with van der Waals surface area (Å²) in [5.41, 5.74) is 0.389. The lowest BCUT2D eigenvalue weighted by molar-refractivity contribution is -0.133. The fourth-order valence-electron chi connectivity index (χ4n) is 2.19. The summed E-state index contributed by atoms with van der Waals surface area (Å²) in [6.07, 6.45) is 10.5. The molecule has 0 radical (unpaired) electrons. The van der Waals surface area contributed by atoms with Crippen molar-refractivity contribution in [2.45, 2.75) is 26.7 Å². The number of aliphatic carboxylic acids is 1. The predicted molar refractivity (Wildman–Crippen MR) is 91.0 cm³/mol. The van der Waals surface area contributed by atoms with Crippen LogP contribution in [0.4, 0.5) is 0 Å². The lowest BCUT2D eigenvalue weighted by Crippen LogP contribution is -2.15. The monoisotopic (exact) mass is 288 g/mol. The van der Waals surface area contributed by atoms with Crippen molar-refractivity contribution in [2.24, 2.45) is 23.7 Å². The minimum absolute atomic E-state index is 0.0191. The van der Waals surface area contributed by atoms with E-state index in [0.717, 1.165) is 6.42 Å². The van der Waals surface area contributed by atoms with Crippen LogP contribution in [0, 0.1) is 23.7 Å². The third kappa shape index (κ3) is 6.94. The molecule has 0 aliphatic rings. The Labute approximate surface area is 129 Å². The van der Waals surface area contributed by atoms with Gasteiger partial charge in [0.05, 0.1) is 0 Å². The van der Waals surface area contributed by atoms with Crippen molar-refractivity contribution < 1.29 is 9.90 Å². The molecule has 1 N–H and O–H groups in total. The predicted octanol–water partition coefficient (Wildman–Crippen LogP) is 5.03. The second-order valence-corrected chi connectivity index (χ2v) is 5.57. The van der Waals surface area contributed by atoms with E-state index in [0.29, 0.717) is 17.9 Å². The molecule has 21 heavy (non-hydrogen) atoms. The van der Waals surface area contributed by atoms with E-state index < -0.39 is 5.97 Å².